The monoisotopic (exact) mass is 293 g/mol. The molecule has 21 heavy (non-hydrogen) atoms. The van der Waals surface area contributed by atoms with Crippen molar-refractivity contribution in [1.82, 2.24) is 9.55 Å². The average molecular weight is 293 g/mol. The lowest BCUT2D eigenvalue weighted by Gasteiger charge is -2.22. The molecule has 2 heterocycles. The highest BCUT2D eigenvalue weighted by Gasteiger charge is 2.41. The number of hydrogen-bond acceptors (Lipinski definition) is 5. The highest BCUT2D eigenvalue weighted by Crippen LogP contribution is 2.31. The summed E-state index contributed by atoms with van der Waals surface area (Å²) in [5.74, 6) is -0.0543. The molecule has 1 aromatic carbocycles. The maximum absolute atomic E-state index is 12.8. The smallest absolute Gasteiger partial charge is 0.415 e. The summed E-state index contributed by atoms with van der Waals surface area (Å²) in [5, 5.41) is 10.6. The van der Waals surface area contributed by atoms with Crippen LogP contribution in [0, 0.1) is 15.9 Å². The number of nitro groups is 1. The van der Waals surface area contributed by atoms with Crippen molar-refractivity contribution in [3.05, 3.63) is 46.4 Å². The van der Waals surface area contributed by atoms with Crippen LogP contribution in [-0.4, -0.2) is 26.7 Å². The third kappa shape index (κ3) is 2.64. The van der Waals surface area contributed by atoms with E-state index in [1.807, 2.05) is 6.92 Å². The van der Waals surface area contributed by atoms with Crippen molar-refractivity contribution < 1.29 is 18.8 Å². The molecule has 0 spiro atoms. The summed E-state index contributed by atoms with van der Waals surface area (Å²) < 4.78 is 25.6. The van der Waals surface area contributed by atoms with Crippen molar-refractivity contribution in [3.8, 4) is 11.8 Å². The minimum absolute atomic E-state index is 0.201. The number of aromatic nitrogens is 2. The zero-order valence-corrected chi connectivity index (χ0v) is 11.2. The summed E-state index contributed by atoms with van der Waals surface area (Å²) in [7, 11) is 0. The van der Waals surface area contributed by atoms with Crippen LogP contribution < -0.4 is 9.47 Å². The number of ether oxygens (including phenoxy) is 2. The van der Waals surface area contributed by atoms with Crippen LogP contribution in [0.4, 0.5) is 10.2 Å². The minimum Gasteiger partial charge on any atom is -0.489 e. The van der Waals surface area contributed by atoms with Crippen LogP contribution >= 0.6 is 0 Å². The first kappa shape index (κ1) is 13.3. The second-order valence-electron chi connectivity index (χ2n) is 5.06. The molecule has 0 radical (unpaired) electrons. The molecule has 1 aliphatic rings. The van der Waals surface area contributed by atoms with Crippen LogP contribution in [0.5, 0.6) is 11.8 Å². The van der Waals surface area contributed by atoms with E-state index in [-0.39, 0.29) is 24.3 Å². The maximum Gasteiger partial charge on any atom is 0.415 e. The van der Waals surface area contributed by atoms with Crippen LogP contribution in [0.1, 0.15) is 6.92 Å². The van der Waals surface area contributed by atoms with Gasteiger partial charge in [-0.05, 0) is 36.1 Å². The van der Waals surface area contributed by atoms with Crippen LogP contribution in [0.2, 0.25) is 0 Å². The molecule has 0 aliphatic carbocycles. The lowest BCUT2D eigenvalue weighted by Crippen LogP contribution is -2.38. The highest BCUT2D eigenvalue weighted by molar-refractivity contribution is 5.25. The zero-order valence-electron chi connectivity index (χ0n) is 11.2. The summed E-state index contributed by atoms with van der Waals surface area (Å²) in [6, 6.07) is 5.86. The van der Waals surface area contributed by atoms with E-state index in [1.54, 1.807) is 4.57 Å². The number of nitrogens with zero attached hydrogens (tertiary/aromatic N) is 3. The van der Waals surface area contributed by atoms with Gasteiger partial charge in [-0.15, -0.1) is 0 Å². The van der Waals surface area contributed by atoms with Crippen molar-refractivity contribution in [1.29, 1.82) is 0 Å². The predicted octanol–water partition coefficient (Wildman–Crippen LogP) is 2.16. The fourth-order valence-electron chi connectivity index (χ4n) is 2.12. The van der Waals surface area contributed by atoms with Gasteiger partial charge < -0.3 is 19.6 Å². The number of imidazole rings is 1. The lowest BCUT2D eigenvalue weighted by molar-refractivity contribution is -0.389. The number of halogens is 1. The molecule has 7 nitrogen and oxygen atoms in total. The topological polar surface area (TPSA) is 79.4 Å². The Balaban J connectivity index is 1.65. The average Bonchev–Trinajstić information content (AvgIpc) is 2.93. The van der Waals surface area contributed by atoms with Gasteiger partial charge in [-0.2, -0.15) is 0 Å². The van der Waals surface area contributed by atoms with Gasteiger partial charge >= 0.3 is 11.8 Å². The number of fused-ring (bicyclic) bond motifs is 1. The van der Waals surface area contributed by atoms with E-state index in [0.717, 1.165) is 0 Å². The van der Waals surface area contributed by atoms with E-state index in [4.69, 9.17) is 9.47 Å². The van der Waals surface area contributed by atoms with Crippen molar-refractivity contribution >= 4 is 5.82 Å². The Kier molecular flexibility index (Phi) is 3.00. The summed E-state index contributed by atoms with van der Waals surface area (Å²) in [4.78, 5) is 13.8. The third-order valence-electron chi connectivity index (χ3n) is 3.11. The molecule has 110 valence electrons. The number of hydrogen-bond donors (Lipinski definition) is 0. The molecular formula is C13H12FN3O4. The first-order chi connectivity index (χ1) is 9.95. The van der Waals surface area contributed by atoms with Crippen molar-refractivity contribution in [2.45, 2.75) is 19.1 Å². The molecule has 1 aromatic heterocycles. The zero-order chi connectivity index (χ0) is 15.0. The van der Waals surface area contributed by atoms with Crippen molar-refractivity contribution in [2.24, 2.45) is 0 Å². The van der Waals surface area contributed by atoms with Gasteiger partial charge in [-0.3, -0.25) is 4.57 Å². The molecule has 8 heteroatoms. The van der Waals surface area contributed by atoms with Gasteiger partial charge in [-0.1, -0.05) is 0 Å². The summed E-state index contributed by atoms with van der Waals surface area (Å²) >= 11 is 0. The van der Waals surface area contributed by atoms with E-state index in [2.05, 4.69) is 4.98 Å². The van der Waals surface area contributed by atoms with Gasteiger partial charge in [0.05, 0.1) is 6.54 Å². The highest BCUT2D eigenvalue weighted by atomic mass is 19.1. The second-order valence-corrected chi connectivity index (χ2v) is 5.06. The molecule has 0 N–H and O–H groups in total. The molecule has 2 aromatic rings. The van der Waals surface area contributed by atoms with E-state index >= 15 is 0 Å². The largest absolute Gasteiger partial charge is 0.489 e. The Morgan fingerprint density at radius 1 is 1.52 bits per heavy atom. The van der Waals surface area contributed by atoms with E-state index < -0.39 is 10.5 Å². The van der Waals surface area contributed by atoms with Gasteiger partial charge in [-0.25, -0.2) is 4.39 Å². The van der Waals surface area contributed by atoms with Gasteiger partial charge in [0.15, 0.2) is 5.60 Å². The predicted molar refractivity (Wildman–Crippen MR) is 69.8 cm³/mol. The van der Waals surface area contributed by atoms with E-state index in [0.29, 0.717) is 12.3 Å². The Morgan fingerprint density at radius 3 is 2.86 bits per heavy atom. The summed E-state index contributed by atoms with van der Waals surface area (Å²) in [6.07, 6.45) is 1.33. The second kappa shape index (κ2) is 4.72. The molecule has 0 fully saturated rings. The fourth-order valence-corrected chi connectivity index (χ4v) is 2.12. The molecule has 0 amide bonds. The lowest BCUT2D eigenvalue weighted by atomic mass is 10.1. The molecule has 0 bridgehead atoms. The van der Waals surface area contributed by atoms with Crippen LogP contribution in [-0.2, 0) is 6.54 Å². The fraction of sp³-hybridized carbons (Fsp3) is 0.308. The number of benzene rings is 1. The Hall–Kier alpha value is -2.64. The maximum atomic E-state index is 12.8. The molecule has 1 unspecified atom stereocenters. The Bertz CT molecular complexity index is 660. The molecule has 1 atom stereocenters. The Labute approximate surface area is 119 Å². The van der Waals surface area contributed by atoms with Crippen LogP contribution in [0.3, 0.4) is 0 Å². The quantitative estimate of drug-likeness (QED) is 0.637. The third-order valence-corrected chi connectivity index (χ3v) is 3.11. The molecule has 0 saturated heterocycles. The van der Waals surface area contributed by atoms with Crippen molar-refractivity contribution in [2.75, 3.05) is 6.61 Å². The van der Waals surface area contributed by atoms with Gasteiger partial charge in [0, 0.05) is 4.98 Å². The van der Waals surface area contributed by atoms with Crippen LogP contribution in [0.25, 0.3) is 0 Å². The van der Waals surface area contributed by atoms with Gasteiger partial charge in [0.25, 0.3) is 0 Å². The van der Waals surface area contributed by atoms with Gasteiger partial charge in [0.2, 0.25) is 0 Å². The summed E-state index contributed by atoms with van der Waals surface area (Å²) in [5.41, 5.74) is -0.675. The Morgan fingerprint density at radius 2 is 2.24 bits per heavy atom. The van der Waals surface area contributed by atoms with E-state index in [9.17, 15) is 14.5 Å². The summed E-state index contributed by atoms with van der Waals surface area (Å²) in [6.45, 7) is 2.43. The molecule has 0 saturated carbocycles. The minimum atomic E-state index is -0.675. The SMILES string of the molecule is CC1(COc2ccc(F)cc2)Cn2cc([N+](=O)[O-])nc2O1. The van der Waals surface area contributed by atoms with Crippen LogP contribution in [0.15, 0.2) is 30.5 Å². The first-order valence-corrected chi connectivity index (χ1v) is 6.24. The molecule has 1 aliphatic heterocycles. The molecule has 3 rings (SSSR count). The van der Waals surface area contributed by atoms with E-state index in [1.165, 1.54) is 30.5 Å². The standard InChI is InChI=1S/C13H12FN3O4/c1-13(8-20-10-4-2-9(14)3-5-10)7-16-6-11(17(18)19)15-12(16)21-13/h2-6H,7-8H2,1H3. The van der Waals surface area contributed by atoms with Crippen molar-refractivity contribution in [3.63, 3.8) is 0 Å². The molecular weight excluding hydrogens is 281 g/mol. The van der Waals surface area contributed by atoms with Gasteiger partial charge in [0.1, 0.15) is 24.4 Å². The first-order valence-electron chi connectivity index (χ1n) is 6.24. The normalized spacial score (nSPS) is 19.9. The number of rotatable bonds is 4.